The number of halogens is 4. The quantitative estimate of drug-likeness (QED) is 0.411. The van der Waals surface area contributed by atoms with Gasteiger partial charge in [0.25, 0.3) is 5.92 Å². The first-order valence-electron chi connectivity index (χ1n) is 7.53. The van der Waals surface area contributed by atoms with Gasteiger partial charge in [-0.1, -0.05) is 42.4 Å². The number of fused-ring (bicyclic) bond motifs is 3. The first-order valence-corrected chi connectivity index (χ1v) is 8.60. The average molecular weight is 386 g/mol. The molecule has 0 heterocycles. The van der Waals surface area contributed by atoms with Crippen molar-refractivity contribution in [3.63, 3.8) is 0 Å². The van der Waals surface area contributed by atoms with Crippen LogP contribution >= 0.6 is 22.6 Å². The normalized spacial score (nSPS) is 53.2. The molecule has 2 bridgehead atoms. The van der Waals surface area contributed by atoms with Crippen molar-refractivity contribution in [1.29, 1.82) is 0 Å². The molecule has 1 unspecified atom stereocenters. The molecule has 4 rings (SSSR count). The standard InChI is InChI=1S/C15H22F3I/c1-10-2-4-11(5-3-10)13-6-8-14(19,9-7-13)12(16)15(13,17)18/h10-12H,2-9H2,1H3. The van der Waals surface area contributed by atoms with E-state index in [9.17, 15) is 13.2 Å². The predicted octanol–water partition coefficient (Wildman–Crippen LogP) is 5.53. The zero-order valence-corrected chi connectivity index (χ0v) is 13.6. The number of hydrogen-bond acceptors (Lipinski definition) is 0. The maximum Gasteiger partial charge on any atom is 0.285 e. The molecule has 0 spiro atoms. The second-order valence-electron chi connectivity index (χ2n) is 7.13. The summed E-state index contributed by atoms with van der Waals surface area (Å²) in [6.45, 7) is 2.20. The maximum absolute atomic E-state index is 14.7. The van der Waals surface area contributed by atoms with Crippen LogP contribution in [0.3, 0.4) is 0 Å². The van der Waals surface area contributed by atoms with E-state index in [0.717, 1.165) is 25.7 Å². The highest BCUT2D eigenvalue weighted by Crippen LogP contribution is 2.68. The molecule has 0 radical (unpaired) electrons. The molecule has 0 N–H and O–H groups in total. The molecule has 0 aliphatic heterocycles. The topological polar surface area (TPSA) is 0 Å². The third-order valence-corrected chi connectivity index (χ3v) is 7.83. The lowest BCUT2D eigenvalue weighted by molar-refractivity contribution is -0.251. The fraction of sp³-hybridized carbons (Fsp3) is 1.00. The molecule has 4 aliphatic rings. The van der Waals surface area contributed by atoms with Crippen LogP contribution in [0.5, 0.6) is 0 Å². The van der Waals surface area contributed by atoms with Crippen LogP contribution in [0.1, 0.15) is 58.3 Å². The van der Waals surface area contributed by atoms with Crippen molar-refractivity contribution in [2.75, 3.05) is 0 Å². The van der Waals surface area contributed by atoms with Gasteiger partial charge in [0.15, 0.2) is 6.17 Å². The van der Waals surface area contributed by atoms with E-state index in [2.05, 4.69) is 6.92 Å². The predicted molar refractivity (Wildman–Crippen MR) is 78.6 cm³/mol. The van der Waals surface area contributed by atoms with Crippen LogP contribution in [-0.2, 0) is 0 Å². The second-order valence-corrected chi connectivity index (χ2v) is 9.28. The molecule has 0 aromatic heterocycles. The van der Waals surface area contributed by atoms with E-state index in [1.54, 1.807) is 0 Å². The van der Waals surface area contributed by atoms with E-state index >= 15 is 0 Å². The number of hydrogen-bond donors (Lipinski definition) is 0. The molecule has 4 heteroatoms. The van der Waals surface area contributed by atoms with Crippen molar-refractivity contribution in [2.24, 2.45) is 17.3 Å². The van der Waals surface area contributed by atoms with Crippen LogP contribution in [0.15, 0.2) is 0 Å². The SMILES string of the molecule is CC1CCC(C23CCC(I)(CC2)C(F)C3(F)F)CC1. The molecule has 4 saturated carbocycles. The lowest BCUT2D eigenvalue weighted by atomic mass is 9.50. The molecular formula is C15H22F3I. The summed E-state index contributed by atoms with van der Waals surface area (Å²) in [6, 6.07) is 0. The molecule has 4 fully saturated rings. The molecule has 0 saturated heterocycles. The number of alkyl halides is 4. The second kappa shape index (κ2) is 4.51. The first-order chi connectivity index (χ1) is 8.82. The van der Waals surface area contributed by atoms with Gasteiger partial charge in [-0.15, -0.1) is 0 Å². The van der Waals surface area contributed by atoms with Gasteiger partial charge in [-0.05, 0) is 50.4 Å². The Morgan fingerprint density at radius 1 is 0.947 bits per heavy atom. The summed E-state index contributed by atoms with van der Waals surface area (Å²) >= 11 is 1.97. The molecule has 19 heavy (non-hydrogen) atoms. The van der Waals surface area contributed by atoms with Crippen LogP contribution in [-0.4, -0.2) is 15.5 Å². The Balaban J connectivity index is 1.90. The molecular weight excluding hydrogens is 364 g/mol. The first kappa shape index (κ1) is 14.5. The monoisotopic (exact) mass is 386 g/mol. The third-order valence-electron chi connectivity index (χ3n) is 6.21. The van der Waals surface area contributed by atoms with Gasteiger partial charge >= 0.3 is 0 Å². The van der Waals surface area contributed by atoms with Gasteiger partial charge < -0.3 is 0 Å². The molecule has 1 atom stereocenters. The Morgan fingerprint density at radius 2 is 1.47 bits per heavy atom. The van der Waals surface area contributed by atoms with Crippen molar-refractivity contribution >= 4 is 22.6 Å². The van der Waals surface area contributed by atoms with E-state index in [-0.39, 0.29) is 5.92 Å². The zero-order chi connectivity index (χ0) is 13.9. The van der Waals surface area contributed by atoms with Gasteiger partial charge in [0.1, 0.15) is 0 Å². The Kier molecular flexibility index (Phi) is 3.43. The lowest BCUT2D eigenvalue weighted by Gasteiger charge is -2.60. The maximum atomic E-state index is 14.7. The van der Waals surface area contributed by atoms with Gasteiger partial charge in [-0.25, -0.2) is 13.2 Å². The molecule has 0 aromatic carbocycles. The van der Waals surface area contributed by atoms with E-state index in [4.69, 9.17) is 0 Å². The van der Waals surface area contributed by atoms with Crippen LogP contribution in [0, 0.1) is 17.3 Å². The Hall–Kier alpha value is 0.520. The van der Waals surface area contributed by atoms with Gasteiger partial charge in [-0.3, -0.25) is 0 Å². The highest BCUT2D eigenvalue weighted by atomic mass is 127. The van der Waals surface area contributed by atoms with E-state index in [0.29, 0.717) is 31.6 Å². The van der Waals surface area contributed by atoms with Crippen molar-refractivity contribution in [3.8, 4) is 0 Å². The van der Waals surface area contributed by atoms with Gasteiger partial charge in [-0.2, -0.15) is 0 Å². The van der Waals surface area contributed by atoms with E-state index < -0.39 is 20.9 Å². The van der Waals surface area contributed by atoms with E-state index in [1.807, 2.05) is 22.6 Å². The zero-order valence-electron chi connectivity index (χ0n) is 11.4. The van der Waals surface area contributed by atoms with Crippen molar-refractivity contribution in [1.82, 2.24) is 0 Å². The van der Waals surface area contributed by atoms with E-state index in [1.165, 1.54) is 0 Å². The summed E-state index contributed by atoms with van der Waals surface area (Å²) < 4.78 is 43.0. The molecule has 0 amide bonds. The van der Waals surface area contributed by atoms with Crippen LogP contribution in [0.25, 0.3) is 0 Å². The summed E-state index contributed by atoms with van der Waals surface area (Å²) in [5.74, 6) is -2.42. The highest BCUT2D eigenvalue weighted by molar-refractivity contribution is 14.1. The summed E-state index contributed by atoms with van der Waals surface area (Å²) in [4.78, 5) is 0. The van der Waals surface area contributed by atoms with Crippen molar-refractivity contribution in [2.45, 2.75) is 73.8 Å². The average Bonchev–Trinajstić information content (AvgIpc) is 2.38. The van der Waals surface area contributed by atoms with Crippen LogP contribution in [0.4, 0.5) is 13.2 Å². The minimum Gasteiger partial charge on any atom is -0.239 e. The molecule has 110 valence electrons. The summed E-state index contributed by atoms with van der Waals surface area (Å²) in [5.41, 5.74) is -1.03. The lowest BCUT2D eigenvalue weighted by Crippen LogP contribution is -2.67. The minimum absolute atomic E-state index is 0.0400. The largest absolute Gasteiger partial charge is 0.285 e. The highest BCUT2D eigenvalue weighted by Gasteiger charge is 2.72. The summed E-state index contributed by atoms with van der Waals surface area (Å²) in [7, 11) is 0. The summed E-state index contributed by atoms with van der Waals surface area (Å²) in [6.07, 6.45) is 4.21. The smallest absolute Gasteiger partial charge is 0.239 e. The van der Waals surface area contributed by atoms with Gasteiger partial charge in [0.2, 0.25) is 0 Å². The van der Waals surface area contributed by atoms with Gasteiger partial charge in [0.05, 0.1) is 3.42 Å². The Labute approximate surface area is 127 Å². The fourth-order valence-electron chi connectivity index (χ4n) is 4.77. The number of rotatable bonds is 1. The molecule has 0 aromatic rings. The molecule has 4 aliphatic carbocycles. The van der Waals surface area contributed by atoms with Crippen LogP contribution in [0.2, 0.25) is 0 Å². The minimum atomic E-state index is -3.12. The van der Waals surface area contributed by atoms with Gasteiger partial charge in [0, 0.05) is 5.41 Å². The Bertz CT molecular complexity index is 352. The van der Waals surface area contributed by atoms with Crippen molar-refractivity contribution in [3.05, 3.63) is 0 Å². The fourth-order valence-corrected chi connectivity index (χ4v) is 5.70. The molecule has 0 nitrogen and oxygen atoms in total. The summed E-state index contributed by atoms with van der Waals surface area (Å²) in [5, 5.41) is 0. The van der Waals surface area contributed by atoms with Crippen LogP contribution < -0.4 is 0 Å². The van der Waals surface area contributed by atoms with Crippen molar-refractivity contribution < 1.29 is 13.2 Å². The Morgan fingerprint density at radius 3 is 2.00 bits per heavy atom. The third kappa shape index (κ3) is 1.90.